The number of hydrogen-bond donors (Lipinski definition) is 1. The fourth-order valence-corrected chi connectivity index (χ4v) is 8.30. The first-order chi connectivity index (χ1) is 11.8. The van der Waals surface area contributed by atoms with Gasteiger partial charge in [0, 0.05) is 23.7 Å². The summed E-state index contributed by atoms with van der Waals surface area (Å²) in [5, 5.41) is 23.0. The highest BCUT2D eigenvalue weighted by atomic mass is 16.6. The molecule has 25 heavy (non-hydrogen) atoms. The smallest absolute Gasteiger partial charge is 0.315 e. The van der Waals surface area contributed by atoms with Crippen molar-refractivity contribution in [1.29, 1.82) is 0 Å². The summed E-state index contributed by atoms with van der Waals surface area (Å²) in [7, 11) is 0. The Labute approximate surface area is 145 Å². The summed E-state index contributed by atoms with van der Waals surface area (Å²) < 4.78 is 11.9. The van der Waals surface area contributed by atoms with Crippen molar-refractivity contribution >= 4 is 11.9 Å². The van der Waals surface area contributed by atoms with E-state index in [2.05, 4.69) is 0 Å². The summed E-state index contributed by atoms with van der Waals surface area (Å²) in [5.41, 5.74) is -2.42. The first kappa shape index (κ1) is 15.0. The second-order valence-electron chi connectivity index (χ2n) is 9.75. The van der Waals surface area contributed by atoms with Crippen LogP contribution in [0.4, 0.5) is 0 Å². The van der Waals surface area contributed by atoms with Gasteiger partial charge in [-0.25, -0.2) is 0 Å². The van der Waals surface area contributed by atoms with Gasteiger partial charge in [-0.2, -0.15) is 0 Å². The quantitative estimate of drug-likeness (QED) is 0.530. The van der Waals surface area contributed by atoms with Gasteiger partial charge < -0.3 is 24.5 Å². The van der Waals surface area contributed by atoms with Gasteiger partial charge in [-0.1, -0.05) is 0 Å². The van der Waals surface area contributed by atoms with Crippen LogP contribution >= 0.6 is 0 Å². The molecule has 0 aromatic rings. The molecule has 6 aliphatic rings. The van der Waals surface area contributed by atoms with Crippen LogP contribution in [0.1, 0.15) is 45.4 Å². The highest BCUT2D eigenvalue weighted by Gasteiger charge is 2.84. The molecule has 9 atom stereocenters. The summed E-state index contributed by atoms with van der Waals surface area (Å²) in [6, 6.07) is 0. The van der Waals surface area contributed by atoms with Crippen molar-refractivity contribution in [3.8, 4) is 0 Å². The average molecular weight is 347 g/mol. The maximum absolute atomic E-state index is 12.8. The normalized spacial score (nSPS) is 63.3. The molecular formula is C19H23O6-. The molecule has 6 heteroatoms. The minimum Gasteiger partial charge on any atom is -0.550 e. The number of carbonyl (C=O) groups is 2. The standard InChI is InChI=1S/C19H24O6/c1-16-11(20)4-5-19(25-15(16)23)10-3-2-9-6-17(10,7-18(9)8-24-18)12(13(16)19)14(21)22/h9-13,20H,2-8H2,1H3,(H,21,22)/p-1/t9-,10-,11+,12-,13-,16+,17-,18?,19-/m1/s1. The van der Waals surface area contributed by atoms with Gasteiger partial charge in [-0.05, 0) is 56.8 Å². The lowest BCUT2D eigenvalue weighted by Crippen LogP contribution is -2.54. The van der Waals surface area contributed by atoms with E-state index in [4.69, 9.17) is 9.47 Å². The molecule has 6 nitrogen and oxygen atoms in total. The number of carbonyl (C=O) groups excluding carboxylic acids is 2. The maximum atomic E-state index is 12.8. The number of carboxylic acids is 1. The van der Waals surface area contributed by atoms with Crippen molar-refractivity contribution in [2.45, 2.75) is 62.8 Å². The number of aliphatic carboxylic acids is 1. The molecule has 4 aliphatic carbocycles. The Morgan fingerprint density at radius 1 is 1.32 bits per heavy atom. The number of aliphatic hydroxyl groups excluding tert-OH is 1. The van der Waals surface area contributed by atoms with Crippen molar-refractivity contribution in [3.63, 3.8) is 0 Å². The molecule has 136 valence electrons. The Morgan fingerprint density at radius 2 is 2.08 bits per heavy atom. The van der Waals surface area contributed by atoms with E-state index < -0.39 is 46.3 Å². The SMILES string of the molecule is C[C@]12C(=O)O[C@]3(CC[C@@H]1O)[C@@H]1CC[C@@H]4C[C@]1(CC41CO1)[C@@H](C(=O)[O-])[C@@H]32. The minimum atomic E-state index is -1.13. The molecule has 1 unspecified atom stereocenters. The largest absolute Gasteiger partial charge is 0.550 e. The van der Waals surface area contributed by atoms with Gasteiger partial charge in [0.05, 0.1) is 23.7 Å². The Hall–Kier alpha value is -1.14. The molecule has 2 aliphatic heterocycles. The van der Waals surface area contributed by atoms with Gasteiger partial charge >= 0.3 is 5.97 Å². The molecule has 0 aromatic heterocycles. The number of aliphatic hydroxyl groups is 1. The molecule has 4 bridgehead atoms. The molecule has 0 amide bonds. The first-order valence-corrected chi connectivity index (χ1v) is 9.57. The number of fused-ring (bicyclic) bond motifs is 2. The van der Waals surface area contributed by atoms with Crippen molar-refractivity contribution in [1.82, 2.24) is 0 Å². The lowest BCUT2D eigenvalue weighted by molar-refractivity contribution is -0.318. The van der Waals surface area contributed by atoms with Crippen LogP contribution in [0, 0.1) is 34.5 Å². The molecule has 6 fully saturated rings. The topological polar surface area (TPSA) is 99.2 Å². The van der Waals surface area contributed by atoms with Crippen molar-refractivity contribution in [2.24, 2.45) is 34.5 Å². The Balaban J connectivity index is 1.58. The van der Waals surface area contributed by atoms with E-state index in [9.17, 15) is 19.8 Å². The van der Waals surface area contributed by atoms with Crippen LogP contribution in [0.2, 0.25) is 0 Å². The van der Waals surface area contributed by atoms with Gasteiger partial charge in [0.25, 0.3) is 0 Å². The van der Waals surface area contributed by atoms with E-state index in [0.29, 0.717) is 18.8 Å². The summed E-state index contributed by atoms with van der Waals surface area (Å²) in [4.78, 5) is 25.2. The minimum absolute atomic E-state index is 0.0472. The molecule has 0 radical (unpaired) electrons. The zero-order chi connectivity index (χ0) is 17.4. The number of rotatable bonds is 1. The fraction of sp³-hybridized carbons (Fsp3) is 0.895. The number of epoxide rings is 1. The van der Waals surface area contributed by atoms with Gasteiger partial charge in [-0.3, -0.25) is 4.79 Å². The van der Waals surface area contributed by atoms with Crippen LogP contribution in [0.3, 0.4) is 0 Å². The van der Waals surface area contributed by atoms with Crippen LogP contribution < -0.4 is 5.11 Å². The second kappa shape index (κ2) is 3.91. The molecule has 6 rings (SSSR count). The Bertz CT molecular complexity index is 715. The van der Waals surface area contributed by atoms with Crippen molar-refractivity contribution < 1.29 is 29.3 Å². The van der Waals surface area contributed by atoms with Crippen molar-refractivity contribution in [2.75, 3.05) is 6.61 Å². The van der Waals surface area contributed by atoms with Gasteiger partial charge in [0.15, 0.2) is 0 Å². The molecule has 1 N–H and O–H groups in total. The highest BCUT2D eigenvalue weighted by Crippen LogP contribution is 2.79. The van der Waals surface area contributed by atoms with Crippen LogP contribution in [0.5, 0.6) is 0 Å². The van der Waals surface area contributed by atoms with Crippen LogP contribution in [0.25, 0.3) is 0 Å². The lowest BCUT2D eigenvalue weighted by Gasteiger charge is -2.44. The van der Waals surface area contributed by atoms with Gasteiger partial charge in [0.2, 0.25) is 0 Å². The zero-order valence-corrected chi connectivity index (χ0v) is 14.3. The summed E-state index contributed by atoms with van der Waals surface area (Å²) in [6.45, 7) is 2.44. The summed E-state index contributed by atoms with van der Waals surface area (Å²) in [5.74, 6) is -2.26. The molecule has 2 heterocycles. The predicted molar refractivity (Wildman–Crippen MR) is 80.7 cm³/mol. The van der Waals surface area contributed by atoms with E-state index in [1.54, 1.807) is 6.92 Å². The summed E-state index contributed by atoms with van der Waals surface area (Å²) >= 11 is 0. The van der Waals surface area contributed by atoms with Crippen molar-refractivity contribution in [3.05, 3.63) is 0 Å². The van der Waals surface area contributed by atoms with Crippen LogP contribution in [-0.2, 0) is 19.1 Å². The first-order valence-electron chi connectivity index (χ1n) is 9.57. The third kappa shape index (κ3) is 1.32. The van der Waals surface area contributed by atoms with Crippen LogP contribution in [0.15, 0.2) is 0 Å². The van der Waals surface area contributed by atoms with E-state index in [-0.39, 0.29) is 11.5 Å². The number of hydrogen-bond acceptors (Lipinski definition) is 6. The number of esters is 1. The van der Waals surface area contributed by atoms with Gasteiger partial charge in [-0.15, -0.1) is 0 Å². The second-order valence-corrected chi connectivity index (χ2v) is 9.75. The van der Waals surface area contributed by atoms with Gasteiger partial charge in [0.1, 0.15) is 5.60 Å². The highest BCUT2D eigenvalue weighted by molar-refractivity contribution is 5.85. The van der Waals surface area contributed by atoms with E-state index in [1.807, 2.05) is 0 Å². The third-order valence-corrected chi connectivity index (χ3v) is 9.20. The monoisotopic (exact) mass is 347 g/mol. The number of ether oxygens (including phenoxy) is 2. The maximum Gasteiger partial charge on any atom is 0.315 e. The molecule has 2 saturated heterocycles. The fourth-order valence-electron chi connectivity index (χ4n) is 8.30. The zero-order valence-electron chi connectivity index (χ0n) is 14.3. The van der Waals surface area contributed by atoms with Crippen LogP contribution in [-0.4, -0.2) is 41.0 Å². The molecular weight excluding hydrogens is 324 g/mol. The average Bonchev–Trinajstić information content (AvgIpc) is 3.18. The Morgan fingerprint density at radius 3 is 2.76 bits per heavy atom. The number of carboxylic acid groups (broad SMARTS) is 1. The van der Waals surface area contributed by atoms with E-state index in [0.717, 1.165) is 32.3 Å². The molecule has 4 saturated carbocycles. The predicted octanol–water partition coefficient (Wildman–Crippen LogP) is 0.0143. The molecule has 0 aromatic carbocycles. The van der Waals surface area contributed by atoms with E-state index in [1.165, 1.54) is 0 Å². The lowest BCUT2D eigenvalue weighted by atomic mass is 9.59. The summed E-state index contributed by atoms with van der Waals surface area (Å²) in [6.07, 6.45) is 3.69. The molecule has 2 spiro atoms. The third-order valence-electron chi connectivity index (χ3n) is 9.20. The van der Waals surface area contributed by atoms with E-state index >= 15 is 0 Å². The Kier molecular flexibility index (Phi) is 2.34.